The number of imidazole rings is 1. The second-order valence-electron chi connectivity index (χ2n) is 5.96. The topological polar surface area (TPSA) is 103 Å². The Morgan fingerprint density at radius 3 is 2.30 bits per heavy atom. The molecule has 1 heterocycles. The zero-order chi connectivity index (χ0) is 21.3. The Bertz CT molecular complexity index is 987. The number of benzene rings is 2. The fourth-order valence-electron chi connectivity index (χ4n) is 2.41. The van der Waals surface area contributed by atoms with E-state index in [-0.39, 0.29) is 24.0 Å². The van der Waals surface area contributed by atoms with Gasteiger partial charge in [0.15, 0.2) is 5.16 Å². The van der Waals surface area contributed by atoms with Gasteiger partial charge in [0.1, 0.15) is 22.9 Å². The summed E-state index contributed by atoms with van der Waals surface area (Å²) < 4.78 is 15.8. The van der Waals surface area contributed by atoms with Crippen molar-refractivity contribution in [3.05, 3.63) is 60.4 Å². The molecule has 0 aliphatic heterocycles. The van der Waals surface area contributed by atoms with Crippen LogP contribution in [0.15, 0.2) is 59.9 Å². The molecule has 2 N–H and O–H groups in total. The molecule has 0 aliphatic rings. The molecular weight excluding hydrogens is 406 g/mol. The van der Waals surface area contributed by atoms with E-state index in [2.05, 4.69) is 15.3 Å². The van der Waals surface area contributed by atoms with Crippen LogP contribution in [0.5, 0.6) is 17.2 Å². The molecule has 0 spiro atoms. The van der Waals surface area contributed by atoms with Gasteiger partial charge in [0.05, 0.1) is 25.7 Å². The molecule has 0 saturated carbocycles. The molecule has 2 aromatic carbocycles. The number of carbonyl (C=O) groups excluding carboxylic acids is 2. The van der Waals surface area contributed by atoms with Crippen LogP contribution in [0.25, 0.3) is 0 Å². The van der Waals surface area contributed by atoms with Crippen molar-refractivity contribution in [1.82, 2.24) is 9.97 Å². The van der Waals surface area contributed by atoms with Gasteiger partial charge in [-0.15, -0.1) is 0 Å². The molecule has 0 unspecified atom stereocenters. The average molecular weight is 427 g/mol. The first-order valence-electron chi connectivity index (χ1n) is 9.14. The molecule has 156 valence electrons. The molecule has 0 bridgehead atoms. The molecule has 0 fully saturated rings. The largest absolute Gasteiger partial charge is 0.497 e. The highest BCUT2D eigenvalue weighted by atomic mass is 32.2. The molecule has 30 heavy (non-hydrogen) atoms. The summed E-state index contributed by atoms with van der Waals surface area (Å²) in [7, 11) is 1.61. The summed E-state index contributed by atoms with van der Waals surface area (Å²) in [6.07, 6.45) is 1.39. The van der Waals surface area contributed by atoms with Gasteiger partial charge >= 0.3 is 5.97 Å². The number of rotatable bonds is 9. The minimum absolute atomic E-state index is 0.139. The lowest BCUT2D eigenvalue weighted by atomic mass is 10.3. The number of thioether (sulfide) groups is 1. The number of esters is 1. The number of methoxy groups -OCH3 is 1. The standard InChI is InChI=1S/C21H21N3O5S/c1-3-28-20(26)18-12-22-21(24-18)30-13-19(25)23-14-4-6-16(7-5-14)29-17-10-8-15(27-2)9-11-17/h4-12H,3,13H2,1-2H3,(H,22,24)(H,23,25). The second kappa shape index (κ2) is 10.4. The third kappa shape index (κ3) is 6.02. The van der Waals surface area contributed by atoms with Crippen molar-refractivity contribution in [3.63, 3.8) is 0 Å². The van der Waals surface area contributed by atoms with Gasteiger partial charge in [-0.25, -0.2) is 9.78 Å². The van der Waals surface area contributed by atoms with Gasteiger partial charge in [-0.05, 0) is 55.5 Å². The fraction of sp³-hybridized carbons (Fsp3) is 0.190. The number of amides is 1. The van der Waals surface area contributed by atoms with E-state index in [1.807, 2.05) is 24.3 Å². The van der Waals surface area contributed by atoms with Crippen molar-refractivity contribution in [1.29, 1.82) is 0 Å². The maximum Gasteiger partial charge on any atom is 0.356 e. The fourth-order valence-corrected chi connectivity index (χ4v) is 3.06. The van der Waals surface area contributed by atoms with Crippen LogP contribution >= 0.6 is 11.8 Å². The third-order valence-corrected chi connectivity index (χ3v) is 4.71. The first kappa shape index (κ1) is 21.3. The summed E-state index contributed by atoms with van der Waals surface area (Å²) in [4.78, 5) is 30.7. The van der Waals surface area contributed by atoms with E-state index in [1.165, 1.54) is 18.0 Å². The van der Waals surface area contributed by atoms with Crippen LogP contribution in [-0.4, -0.2) is 41.3 Å². The number of anilines is 1. The lowest BCUT2D eigenvalue weighted by Gasteiger charge is -2.08. The number of aromatic amines is 1. The van der Waals surface area contributed by atoms with Crippen molar-refractivity contribution in [2.45, 2.75) is 12.1 Å². The Morgan fingerprint density at radius 2 is 1.67 bits per heavy atom. The summed E-state index contributed by atoms with van der Waals surface area (Å²) in [6.45, 7) is 2.01. The van der Waals surface area contributed by atoms with Gasteiger partial charge in [-0.1, -0.05) is 11.8 Å². The summed E-state index contributed by atoms with van der Waals surface area (Å²) in [5.74, 6) is 1.56. The Kier molecular flexibility index (Phi) is 7.34. The number of hydrogen-bond acceptors (Lipinski definition) is 7. The van der Waals surface area contributed by atoms with Gasteiger partial charge in [-0.2, -0.15) is 0 Å². The van der Waals surface area contributed by atoms with E-state index in [9.17, 15) is 9.59 Å². The van der Waals surface area contributed by atoms with Crippen LogP contribution in [-0.2, 0) is 9.53 Å². The van der Waals surface area contributed by atoms with Crippen LogP contribution < -0.4 is 14.8 Å². The van der Waals surface area contributed by atoms with Crippen LogP contribution in [0.3, 0.4) is 0 Å². The highest BCUT2D eigenvalue weighted by molar-refractivity contribution is 7.99. The van der Waals surface area contributed by atoms with Gasteiger partial charge in [0.25, 0.3) is 0 Å². The first-order chi connectivity index (χ1) is 14.6. The predicted octanol–water partition coefficient (Wildman–Crippen LogP) is 4.12. The summed E-state index contributed by atoms with van der Waals surface area (Å²) in [5, 5.41) is 3.27. The number of nitrogens with one attached hydrogen (secondary N) is 2. The number of hydrogen-bond donors (Lipinski definition) is 2. The van der Waals surface area contributed by atoms with Gasteiger partial charge in [0, 0.05) is 5.69 Å². The predicted molar refractivity (Wildman–Crippen MR) is 113 cm³/mol. The van der Waals surface area contributed by atoms with Crippen molar-refractivity contribution >= 4 is 29.3 Å². The molecule has 8 nitrogen and oxygen atoms in total. The van der Waals surface area contributed by atoms with E-state index in [1.54, 1.807) is 38.3 Å². The minimum Gasteiger partial charge on any atom is -0.497 e. The first-order valence-corrected chi connectivity index (χ1v) is 10.1. The molecule has 1 aromatic heterocycles. The van der Waals surface area contributed by atoms with Gasteiger partial charge in [-0.3, -0.25) is 4.79 Å². The minimum atomic E-state index is -0.474. The summed E-state index contributed by atoms with van der Waals surface area (Å²) in [5.41, 5.74) is 0.904. The monoisotopic (exact) mass is 427 g/mol. The van der Waals surface area contributed by atoms with Crippen LogP contribution in [0.2, 0.25) is 0 Å². The van der Waals surface area contributed by atoms with Crippen LogP contribution in [0.1, 0.15) is 17.4 Å². The normalized spacial score (nSPS) is 10.3. The molecule has 9 heteroatoms. The highest BCUT2D eigenvalue weighted by Gasteiger charge is 2.12. The van der Waals surface area contributed by atoms with Crippen LogP contribution in [0, 0.1) is 0 Å². The average Bonchev–Trinajstić information content (AvgIpc) is 3.24. The zero-order valence-electron chi connectivity index (χ0n) is 16.5. The molecule has 0 atom stereocenters. The Hall–Kier alpha value is -3.46. The molecule has 3 aromatic rings. The zero-order valence-corrected chi connectivity index (χ0v) is 17.3. The molecule has 0 aliphatic carbocycles. The smallest absolute Gasteiger partial charge is 0.356 e. The SMILES string of the molecule is CCOC(=O)c1cnc(SCC(=O)Nc2ccc(Oc3ccc(OC)cc3)cc2)[nH]1. The lowest BCUT2D eigenvalue weighted by Crippen LogP contribution is -2.14. The number of carbonyl (C=O) groups is 2. The van der Waals surface area contributed by atoms with Gasteiger partial charge < -0.3 is 24.5 Å². The summed E-state index contributed by atoms with van der Waals surface area (Å²) in [6, 6.07) is 14.3. The van der Waals surface area contributed by atoms with Crippen molar-refractivity contribution in [3.8, 4) is 17.2 Å². The molecule has 1 amide bonds. The Balaban J connectivity index is 1.47. The lowest BCUT2D eigenvalue weighted by molar-refractivity contribution is -0.113. The van der Waals surface area contributed by atoms with E-state index < -0.39 is 5.97 Å². The van der Waals surface area contributed by atoms with E-state index in [4.69, 9.17) is 14.2 Å². The van der Waals surface area contributed by atoms with Crippen molar-refractivity contribution in [2.75, 3.05) is 24.8 Å². The molecule has 0 radical (unpaired) electrons. The second-order valence-corrected chi connectivity index (χ2v) is 6.93. The number of aromatic nitrogens is 2. The maximum atomic E-state index is 12.2. The Morgan fingerprint density at radius 1 is 1.03 bits per heavy atom. The molecule has 3 rings (SSSR count). The quantitative estimate of drug-likeness (QED) is 0.391. The number of nitrogens with zero attached hydrogens (tertiary/aromatic N) is 1. The number of H-pyrrole nitrogens is 1. The number of ether oxygens (including phenoxy) is 3. The van der Waals surface area contributed by atoms with Gasteiger partial charge in [0.2, 0.25) is 5.91 Å². The van der Waals surface area contributed by atoms with Crippen molar-refractivity contribution < 1.29 is 23.8 Å². The van der Waals surface area contributed by atoms with E-state index in [0.717, 1.165) is 5.75 Å². The van der Waals surface area contributed by atoms with E-state index in [0.29, 0.717) is 22.3 Å². The molecule has 0 saturated heterocycles. The maximum absolute atomic E-state index is 12.2. The van der Waals surface area contributed by atoms with Crippen LogP contribution in [0.4, 0.5) is 5.69 Å². The van der Waals surface area contributed by atoms with E-state index >= 15 is 0 Å². The molecular formula is C21H21N3O5S. The Labute approximate surface area is 178 Å². The highest BCUT2D eigenvalue weighted by Crippen LogP contribution is 2.25. The third-order valence-electron chi connectivity index (χ3n) is 3.82. The summed E-state index contributed by atoms with van der Waals surface area (Å²) >= 11 is 1.19. The van der Waals surface area contributed by atoms with Crippen molar-refractivity contribution in [2.24, 2.45) is 0 Å².